The van der Waals surface area contributed by atoms with Gasteiger partial charge in [-0.2, -0.15) is 0 Å². The van der Waals surface area contributed by atoms with E-state index in [1.807, 2.05) is 27.7 Å². The lowest BCUT2D eigenvalue weighted by Crippen LogP contribution is -2.53. The molecule has 0 aromatic rings. The quantitative estimate of drug-likeness (QED) is 0.825. The Morgan fingerprint density at radius 1 is 0.905 bits per heavy atom. The molecule has 2 N–H and O–H groups in total. The van der Waals surface area contributed by atoms with E-state index >= 15 is 0 Å². The van der Waals surface area contributed by atoms with Gasteiger partial charge in [-0.1, -0.05) is 27.7 Å². The topological polar surface area (TPSA) is 68.2 Å². The highest BCUT2D eigenvalue weighted by Gasteiger charge is 2.46. The van der Waals surface area contributed by atoms with Crippen molar-refractivity contribution >= 4 is 0 Å². The van der Waals surface area contributed by atoms with Crippen LogP contribution in [-0.2, 0) is 14.2 Å². The molecule has 21 heavy (non-hydrogen) atoms. The molecule has 1 atom stereocenters. The number of hydrogen-bond acceptors (Lipinski definition) is 5. The second-order valence-electron chi connectivity index (χ2n) is 8.09. The van der Waals surface area contributed by atoms with Crippen molar-refractivity contribution in [1.82, 2.24) is 0 Å². The predicted octanol–water partition coefficient (Wildman–Crippen LogP) is 1.56. The van der Waals surface area contributed by atoms with Gasteiger partial charge in [-0.3, -0.25) is 0 Å². The lowest BCUT2D eigenvalue weighted by molar-refractivity contribution is -0.293. The molecule has 0 aromatic heterocycles. The van der Waals surface area contributed by atoms with Crippen molar-refractivity contribution in [2.75, 3.05) is 33.0 Å². The monoisotopic (exact) mass is 302 g/mol. The van der Waals surface area contributed by atoms with Gasteiger partial charge in [0.2, 0.25) is 0 Å². The van der Waals surface area contributed by atoms with Crippen molar-refractivity contribution in [3.8, 4) is 0 Å². The van der Waals surface area contributed by atoms with Crippen LogP contribution in [0.4, 0.5) is 0 Å². The predicted molar refractivity (Wildman–Crippen MR) is 78.8 cm³/mol. The molecular weight excluding hydrogens is 272 g/mol. The van der Waals surface area contributed by atoms with Crippen LogP contribution in [0.15, 0.2) is 0 Å². The molecule has 2 rings (SSSR count). The van der Waals surface area contributed by atoms with Crippen LogP contribution < -0.4 is 0 Å². The van der Waals surface area contributed by atoms with E-state index in [0.717, 1.165) is 12.8 Å². The summed E-state index contributed by atoms with van der Waals surface area (Å²) in [6.07, 6.45) is 1.61. The average molecular weight is 302 g/mol. The zero-order valence-electron chi connectivity index (χ0n) is 13.7. The number of aliphatic hydroxyl groups is 2. The maximum atomic E-state index is 9.45. The summed E-state index contributed by atoms with van der Waals surface area (Å²) in [6.45, 7) is 9.92. The Morgan fingerprint density at radius 3 is 1.86 bits per heavy atom. The zero-order chi connectivity index (χ0) is 15.7. The summed E-state index contributed by atoms with van der Waals surface area (Å²) in [5.74, 6) is 0. The minimum atomic E-state index is -0.390. The number of rotatable bonds is 4. The smallest absolute Gasteiger partial charge is 0.164 e. The van der Waals surface area contributed by atoms with E-state index in [1.165, 1.54) is 0 Å². The average Bonchev–Trinajstić information content (AvgIpc) is 2.48. The molecule has 2 fully saturated rings. The van der Waals surface area contributed by atoms with Crippen LogP contribution in [0.25, 0.3) is 0 Å². The van der Waals surface area contributed by atoms with Crippen molar-refractivity contribution in [3.63, 3.8) is 0 Å². The van der Waals surface area contributed by atoms with E-state index in [-0.39, 0.29) is 36.4 Å². The van der Waals surface area contributed by atoms with Crippen molar-refractivity contribution in [3.05, 3.63) is 0 Å². The molecule has 124 valence electrons. The van der Waals surface area contributed by atoms with Gasteiger partial charge in [0.05, 0.1) is 39.1 Å². The highest BCUT2D eigenvalue weighted by molar-refractivity contribution is 4.91. The van der Waals surface area contributed by atoms with Crippen molar-refractivity contribution in [2.45, 2.75) is 52.9 Å². The van der Waals surface area contributed by atoms with E-state index in [0.29, 0.717) is 19.8 Å². The molecule has 1 unspecified atom stereocenters. The second-order valence-corrected chi connectivity index (χ2v) is 8.09. The van der Waals surface area contributed by atoms with Crippen LogP contribution in [0.5, 0.6) is 0 Å². The van der Waals surface area contributed by atoms with Gasteiger partial charge in [0.15, 0.2) is 6.29 Å². The van der Waals surface area contributed by atoms with Gasteiger partial charge in [0.1, 0.15) is 0 Å². The first-order valence-electron chi connectivity index (χ1n) is 7.81. The summed E-state index contributed by atoms with van der Waals surface area (Å²) in [4.78, 5) is 0. The molecule has 0 bridgehead atoms. The summed E-state index contributed by atoms with van der Waals surface area (Å²) in [7, 11) is 0. The van der Waals surface area contributed by atoms with Crippen LogP contribution in [0.2, 0.25) is 0 Å². The highest BCUT2D eigenvalue weighted by Crippen LogP contribution is 2.41. The third-order valence-corrected chi connectivity index (χ3v) is 4.93. The van der Waals surface area contributed by atoms with Gasteiger partial charge >= 0.3 is 0 Å². The van der Waals surface area contributed by atoms with Crippen LogP contribution in [-0.4, -0.2) is 55.6 Å². The van der Waals surface area contributed by atoms with E-state index < -0.39 is 5.41 Å². The maximum absolute atomic E-state index is 9.45. The molecule has 2 aliphatic rings. The van der Waals surface area contributed by atoms with Crippen LogP contribution in [0.1, 0.15) is 40.5 Å². The SMILES string of the molecule is CC(C)(CO)C1CCC2(CO1)COC(C(C)(C)CO)OC2. The van der Waals surface area contributed by atoms with Gasteiger partial charge in [0, 0.05) is 16.2 Å². The molecular formula is C16H30O5. The minimum absolute atomic E-state index is 0.0356. The second kappa shape index (κ2) is 6.13. The lowest BCUT2D eigenvalue weighted by Gasteiger charge is -2.48. The first-order chi connectivity index (χ1) is 9.75. The highest BCUT2D eigenvalue weighted by atomic mass is 16.7. The fraction of sp³-hybridized carbons (Fsp3) is 1.00. The van der Waals surface area contributed by atoms with Crippen LogP contribution in [0, 0.1) is 16.2 Å². The molecule has 5 nitrogen and oxygen atoms in total. The molecule has 0 aromatic carbocycles. The minimum Gasteiger partial charge on any atom is -0.396 e. The maximum Gasteiger partial charge on any atom is 0.164 e. The van der Waals surface area contributed by atoms with Gasteiger partial charge in [0.25, 0.3) is 0 Å². The third-order valence-electron chi connectivity index (χ3n) is 4.93. The summed E-state index contributed by atoms with van der Waals surface area (Å²) >= 11 is 0. The third kappa shape index (κ3) is 3.59. The van der Waals surface area contributed by atoms with Gasteiger partial charge in [-0.15, -0.1) is 0 Å². The molecule has 0 aliphatic carbocycles. The zero-order valence-corrected chi connectivity index (χ0v) is 13.7. The standard InChI is InChI=1S/C16H30O5/c1-14(2,7-17)12-5-6-16(9-19-12)10-20-13(21-11-16)15(3,4)8-18/h12-13,17-18H,5-11H2,1-4H3. The Balaban J connectivity index is 1.89. The first-order valence-corrected chi connectivity index (χ1v) is 7.81. The van der Waals surface area contributed by atoms with E-state index in [1.54, 1.807) is 0 Å². The fourth-order valence-electron chi connectivity index (χ4n) is 2.94. The van der Waals surface area contributed by atoms with E-state index in [9.17, 15) is 10.2 Å². The summed E-state index contributed by atoms with van der Waals surface area (Å²) in [5.41, 5.74) is -0.679. The fourth-order valence-corrected chi connectivity index (χ4v) is 2.94. The lowest BCUT2D eigenvalue weighted by atomic mass is 9.76. The molecule has 0 saturated carbocycles. The molecule has 0 radical (unpaired) electrons. The van der Waals surface area contributed by atoms with Crippen molar-refractivity contribution < 1.29 is 24.4 Å². The Kier molecular flexibility index (Phi) is 5.01. The normalized spacial score (nSPS) is 35.1. The van der Waals surface area contributed by atoms with E-state index in [4.69, 9.17) is 14.2 Å². The Morgan fingerprint density at radius 2 is 1.43 bits per heavy atom. The Labute approximate surface area is 127 Å². The number of ether oxygens (including phenoxy) is 3. The van der Waals surface area contributed by atoms with Crippen LogP contribution >= 0.6 is 0 Å². The van der Waals surface area contributed by atoms with Crippen molar-refractivity contribution in [2.24, 2.45) is 16.2 Å². The van der Waals surface area contributed by atoms with Crippen molar-refractivity contribution in [1.29, 1.82) is 0 Å². The summed E-state index contributed by atoms with van der Waals surface area (Å²) in [6, 6.07) is 0. The van der Waals surface area contributed by atoms with Gasteiger partial charge in [-0.25, -0.2) is 0 Å². The Hall–Kier alpha value is -0.200. The first kappa shape index (κ1) is 17.2. The van der Waals surface area contributed by atoms with Gasteiger partial charge in [-0.05, 0) is 12.8 Å². The Bertz CT molecular complexity index is 299. The van der Waals surface area contributed by atoms with Gasteiger partial charge < -0.3 is 24.4 Å². The summed E-state index contributed by atoms with van der Waals surface area (Å²) in [5, 5.41) is 18.8. The molecule has 2 aliphatic heterocycles. The molecule has 5 heteroatoms. The molecule has 2 heterocycles. The molecule has 1 spiro atoms. The number of hydrogen-bond donors (Lipinski definition) is 2. The largest absolute Gasteiger partial charge is 0.396 e. The van der Waals surface area contributed by atoms with E-state index in [2.05, 4.69) is 0 Å². The number of aliphatic hydroxyl groups excluding tert-OH is 2. The summed E-state index contributed by atoms with van der Waals surface area (Å²) < 4.78 is 17.7. The van der Waals surface area contributed by atoms with Crippen LogP contribution in [0.3, 0.4) is 0 Å². The molecule has 0 amide bonds. The molecule has 2 saturated heterocycles.